The Morgan fingerprint density at radius 2 is 1.87 bits per heavy atom. The van der Waals surface area contributed by atoms with Gasteiger partial charge in [0.15, 0.2) is 0 Å². The molecule has 0 saturated heterocycles. The topological polar surface area (TPSA) is 55.8 Å². The van der Waals surface area contributed by atoms with E-state index in [1.165, 1.54) is 12.1 Å². The predicted molar refractivity (Wildman–Crippen MR) is 88.6 cm³/mol. The van der Waals surface area contributed by atoms with E-state index in [9.17, 15) is 9.90 Å². The first kappa shape index (κ1) is 16.6. The van der Waals surface area contributed by atoms with Crippen molar-refractivity contribution in [3.05, 3.63) is 71.3 Å². The molecular weight excluding hydrogens is 292 g/mol. The molecule has 0 spiro atoms. The SMILES string of the molecule is CC(C)=CCOC(=O)c1ccc(OCc2ccccc2)cc1O. The molecule has 23 heavy (non-hydrogen) atoms. The van der Waals surface area contributed by atoms with Gasteiger partial charge in [0, 0.05) is 6.07 Å². The zero-order chi connectivity index (χ0) is 16.7. The third-order valence-corrected chi connectivity index (χ3v) is 3.14. The van der Waals surface area contributed by atoms with Crippen LogP contribution in [0.2, 0.25) is 0 Å². The maximum Gasteiger partial charge on any atom is 0.342 e. The molecule has 0 heterocycles. The van der Waals surface area contributed by atoms with Gasteiger partial charge in [-0.05, 0) is 37.6 Å². The summed E-state index contributed by atoms with van der Waals surface area (Å²) in [5.74, 6) is -0.223. The van der Waals surface area contributed by atoms with Crippen LogP contribution in [0.3, 0.4) is 0 Å². The molecule has 0 bridgehead atoms. The van der Waals surface area contributed by atoms with Crippen LogP contribution in [0.5, 0.6) is 11.5 Å². The summed E-state index contributed by atoms with van der Waals surface area (Å²) < 4.78 is 10.7. The minimum atomic E-state index is -0.561. The molecule has 0 unspecified atom stereocenters. The molecule has 2 rings (SSSR count). The van der Waals surface area contributed by atoms with Gasteiger partial charge in [-0.15, -0.1) is 0 Å². The third-order valence-electron chi connectivity index (χ3n) is 3.14. The number of hydrogen-bond acceptors (Lipinski definition) is 4. The number of hydrogen-bond donors (Lipinski definition) is 1. The molecule has 0 aromatic heterocycles. The number of benzene rings is 2. The number of rotatable bonds is 6. The molecule has 0 amide bonds. The van der Waals surface area contributed by atoms with Crippen LogP contribution < -0.4 is 4.74 Å². The third kappa shape index (κ3) is 5.18. The summed E-state index contributed by atoms with van der Waals surface area (Å²) in [6.07, 6.45) is 1.80. The minimum absolute atomic E-state index is 0.124. The Labute approximate surface area is 136 Å². The summed E-state index contributed by atoms with van der Waals surface area (Å²) in [4.78, 5) is 11.9. The number of ether oxygens (including phenoxy) is 2. The molecule has 4 heteroatoms. The second kappa shape index (κ2) is 8.03. The van der Waals surface area contributed by atoms with E-state index < -0.39 is 5.97 Å². The van der Waals surface area contributed by atoms with Crippen LogP contribution in [0.25, 0.3) is 0 Å². The monoisotopic (exact) mass is 312 g/mol. The van der Waals surface area contributed by atoms with Crippen LogP contribution in [-0.4, -0.2) is 17.7 Å². The summed E-state index contributed by atoms with van der Waals surface area (Å²) >= 11 is 0. The van der Waals surface area contributed by atoms with E-state index in [0.717, 1.165) is 11.1 Å². The van der Waals surface area contributed by atoms with Crippen molar-refractivity contribution in [2.24, 2.45) is 0 Å². The van der Waals surface area contributed by atoms with Gasteiger partial charge in [-0.1, -0.05) is 35.9 Å². The number of esters is 1. The van der Waals surface area contributed by atoms with E-state index in [1.807, 2.05) is 44.2 Å². The Morgan fingerprint density at radius 3 is 2.52 bits per heavy atom. The van der Waals surface area contributed by atoms with E-state index in [1.54, 1.807) is 12.1 Å². The molecule has 0 fully saturated rings. The molecule has 4 nitrogen and oxygen atoms in total. The lowest BCUT2D eigenvalue weighted by molar-refractivity contribution is 0.0545. The molecule has 0 aliphatic carbocycles. The van der Waals surface area contributed by atoms with Crippen molar-refractivity contribution in [1.82, 2.24) is 0 Å². The fraction of sp³-hybridized carbons (Fsp3) is 0.211. The summed E-state index contributed by atoms with van der Waals surface area (Å²) in [5, 5.41) is 9.97. The lowest BCUT2D eigenvalue weighted by Crippen LogP contribution is -2.06. The van der Waals surface area contributed by atoms with Crippen LogP contribution in [-0.2, 0) is 11.3 Å². The lowest BCUT2D eigenvalue weighted by atomic mass is 10.2. The standard InChI is InChI=1S/C19H20O4/c1-14(2)10-11-22-19(21)17-9-8-16(12-18(17)20)23-13-15-6-4-3-5-7-15/h3-10,12,20H,11,13H2,1-2H3. The normalized spacial score (nSPS) is 10.0. The second-order valence-electron chi connectivity index (χ2n) is 5.33. The van der Waals surface area contributed by atoms with Crippen molar-refractivity contribution in [2.75, 3.05) is 6.61 Å². The fourth-order valence-corrected chi connectivity index (χ4v) is 1.88. The number of allylic oxidation sites excluding steroid dienone is 1. The largest absolute Gasteiger partial charge is 0.507 e. The molecule has 0 atom stereocenters. The van der Waals surface area contributed by atoms with Gasteiger partial charge in [-0.2, -0.15) is 0 Å². The van der Waals surface area contributed by atoms with Crippen LogP contribution in [0.15, 0.2) is 60.2 Å². The number of carbonyl (C=O) groups excluding carboxylic acids is 1. The van der Waals surface area contributed by atoms with Gasteiger partial charge >= 0.3 is 5.97 Å². The van der Waals surface area contributed by atoms with Crippen LogP contribution in [0, 0.1) is 0 Å². The molecule has 2 aromatic rings. The molecular formula is C19H20O4. The lowest BCUT2D eigenvalue weighted by Gasteiger charge is -2.09. The minimum Gasteiger partial charge on any atom is -0.507 e. The zero-order valence-electron chi connectivity index (χ0n) is 13.3. The highest BCUT2D eigenvalue weighted by molar-refractivity contribution is 5.92. The number of phenolic OH excluding ortho intramolecular Hbond substituents is 1. The van der Waals surface area contributed by atoms with Crippen LogP contribution in [0.4, 0.5) is 0 Å². The predicted octanol–water partition coefficient (Wildman–Crippen LogP) is 4.09. The average Bonchev–Trinajstić information content (AvgIpc) is 2.53. The average molecular weight is 312 g/mol. The first-order valence-electron chi connectivity index (χ1n) is 7.36. The first-order valence-corrected chi connectivity index (χ1v) is 7.36. The summed E-state index contributed by atoms with van der Waals surface area (Å²) in [6.45, 7) is 4.42. The van der Waals surface area contributed by atoms with E-state index >= 15 is 0 Å². The Balaban J connectivity index is 1.97. The fourth-order valence-electron chi connectivity index (χ4n) is 1.88. The van der Waals surface area contributed by atoms with E-state index in [0.29, 0.717) is 12.4 Å². The van der Waals surface area contributed by atoms with Gasteiger partial charge < -0.3 is 14.6 Å². The van der Waals surface area contributed by atoms with Gasteiger partial charge in [-0.3, -0.25) is 0 Å². The highest BCUT2D eigenvalue weighted by Gasteiger charge is 2.13. The summed E-state index contributed by atoms with van der Waals surface area (Å²) in [7, 11) is 0. The zero-order valence-corrected chi connectivity index (χ0v) is 13.3. The van der Waals surface area contributed by atoms with Gasteiger partial charge in [0.05, 0.1) is 0 Å². The van der Waals surface area contributed by atoms with E-state index in [2.05, 4.69) is 0 Å². The highest BCUT2D eigenvalue weighted by Crippen LogP contribution is 2.25. The summed E-state index contributed by atoms with van der Waals surface area (Å²) in [5.41, 5.74) is 2.21. The van der Waals surface area contributed by atoms with Crippen molar-refractivity contribution in [3.63, 3.8) is 0 Å². The van der Waals surface area contributed by atoms with Gasteiger partial charge in [0.2, 0.25) is 0 Å². The number of phenols is 1. The molecule has 2 aromatic carbocycles. The quantitative estimate of drug-likeness (QED) is 0.644. The number of aromatic hydroxyl groups is 1. The van der Waals surface area contributed by atoms with Gasteiger partial charge in [-0.25, -0.2) is 4.79 Å². The molecule has 0 saturated carbocycles. The second-order valence-corrected chi connectivity index (χ2v) is 5.33. The molecule has 0 aliphatic heterocycles. The van der Waals surface area contributed by atoms with E-state index in [4.69, 9.17) is 9.47 Å². The van der Waals surface area contributed by atoms with Crippen molar-refractivity contribution in [1.29, 1.82) is 0 Å². The van der Waals surface area contributed by atoms with Crippen molar-refractivity contribution < 1.29 is 19.4 Å². The smallest absolute Gasteiger partial charge is 0.342 e. The Kier molecular flexibility index (Phi) is 5.80. The number of carbonyl (C=O) groups is 1. The molecule has 0 aliphatic rings. The Morgan fingerprint density at radius 1 is 1.13 bits per heavy atom. The maximum atomic E-state index is 11.9. The van der Waals surface area contributed by atoms with Crippen molar-refractivity contribution in [3.8, 4) is 11.5 Å². The molecule has 120 valence electrons. The van der Waals surface area contributed by atoms with Crippen LogP contribution >= 0.6 is 0 Å². The highest BCUT2D eigenvalue weighted by atomic mass is 16.5. The molecule has 0 radical (unpaired) electrons. The van der Waals surface area contributed by atoms with Crippen molar-refractivity contribution in [2.45, 2.75) is 20.5 Å². The Bertz CT molecular complexity index is 686. The maximum absolute atomic E-state index is 11.9. The van der Waals surface area contributed by atoms with E-state index in [-0.39, 0.29) is 17.9 Å². The van der Waals surface area contributed by atoms with Crippen molar-refractivity contribution >= 4 is 5.97 Å². The van der Waals surface area contributed by atoms with Gasteiger partial charge in [0.1, 0.15) is 30.3 Å². The Hall–Kier alpha value is -2.75. The summed E-state index contributed by atoms with van der Waals surface area (Å²) in [6, 6.07) is 14.3. The molecule has 1 N–H and O–H groups in total. The van der Waals surface area contributed by atoms with Crippen LogP contribution in [0.1, 0.15) is 29.8 Å². The first-order chi connectivity index (χ1) is 11.1. The van der Waals surface area contributed by atoms with Gasteiger partial charge in [0.25, 0.3) is 0 Å².